The highest BCUT2D eigenvalue weighted by Gasteiger charge is 2.28. The molecule has 2 aliphatic rings. The monoisotopic (exact) mass is 465 g/mol. The predicted octanol–water partition coefficient (Wildman–Crippen LogP) is 4.26. The molecule has 0 saturated carbocycles. The van der Waals surface area contributed by atoms with E-state index in [4.69, 9.17) is 0 Å². The molecule has 0 radical (unpaired) electrons. The van der Waals surface area contributed by atoms with Gasteiger partial charge >= 0.3 is 0 Å². The molecule has 0 bridgehead atoms. The molecule has 1 saturated heterocycles. The van der Waals surface area contributed by atoms with Crippen LogP contribution in [0.5, 0.6) is 0 Å². The molecule has 5 rings (SSSR count). The molecule has 0 unspecified atom stereocenters. The highest BCUT2D eigenvalue weighted by atomic mass is 32.2. The number of aromatic nitrogens is 1. The van der Waals surface area contributed by atoms with Crippen molar-refractivity contribution in [2.45, 2.75) is 56.5 Å². The summed E-state index contributed by atoms with van der Waals surface area (Å²) in [7, 11) is -3.49. The van der Waals surface area contributed by atoms with Crippen LogP contribution >= 0.6 is 0 Å². The van der Waals surface area contributed by atoms with Gasteiger partial charge < -0.3 is 9.88 Å². The highest BCUT2D eigenvalue weighted by molar-refractivity contribution is 7.89. The van der Waals surface area contributed by atoms with Gasteiger partial charge in [-0.05, 0) is 73.4 Å². The first kappa shape index (κ1) is 22.2. The van der Waals surface area contributed by atoms with Gasteiger partial charge in [0, 0.05) is 30.2 Å². The second-order valence-corrected chi connectivity index (χ2v) is 11.4. The number of nitrogens with zero attached hydrogens (tertiary/aromatic N) is 2. The van der Waals surface area contributed by atoms with Gasteiger partial charge in [0.15, 0.2) is 0 Å². The molecule has 33 heavy (non-hydrogen) atoms. The number of carbonyl (C=O) groups excluding carboxylic acids is 1. The minimum atomic E-state index is -3.49. The van der Waals surface area contributed by atoms with Crippen LogP contribution in [0.15, 0.2) is 59.6 Å². The first-order valence-electron chi connectivity index (χ1n) is 11.9. The molecule has 1 aromatic heterocycles. The Hall–Kier alpha value is -2.64. The average Bonchev–Trinajstić information content (AvgIpc) is 3.21. The van der Waals surface area contributed by atoms with Crippen molar-refractivity contribution < 1.29 is 13.2 Å². The van der Waals surface area contributed by atoms with E-state index < -0.39 is 10.0 Å². The number of hydrogen-bond donors (Lipinski definition) is 1. The van der Waals surface area contributed by atoms with E-state index in [2.05, 4.69) is 30.4 Å². The zero-order valence-corrected chi connectivity index (χ0v) is 19.9. The summed E-state index contributed by atoms with van der Waals surface area (Å²) in [5.41, 5.74) is 3.40. The second kappa shape index (κ2) is 8.95. The fourth-order valence-electron chi connectivity index (χ4n) is 5.15. The number of hydrogen-bond acceptors (Lipinski definition) is 3. The molecule has 1 atom stereocenters. The van der Waals surface area contributed by atoms with Crippen molar-refractivity contribution in [1.82, 2.24) is 14.2 Å². The van der Waals surface area contributed by atoms with Crippen LogP contribution in [0.3, 0.4) is 0 Å². The van der Waals surface area contributed by atoms with Crippen LogP contribution in [0.25, 0.3) is 10.9 Å². The lowest BCUT2D eigenvalue weighted by Gasteiger charge is -2.29. The van der Waals surface area contributed by atoms with Gasteiger partial charge in [0.2, 0.25) is 15.9 Å². The summed E-state index contributed by atoms with van der Waals surface area (Å²) in [6, 6.07) is 15.5. The SMILES string of the molecule is CC1CCN(S(=O)(=O)c2ccc3c(ccn3CC(=O)N[C@@H]3CCCc4ccccc43)c2)CC1. The molecule has 174 valence electrons. The van der Waals surface area contributed by atoms with E-state index in [-0.39, 0.29) is 18.5 Å². The molecule has 1 amide bonds. The standard InChI is InChI=1S/C26H31N3O3S/c1-19-11-15-29(16-12-19)33(31,32)22-9-10-25-21(17-22)13-14-28(25)18-26(30)27-24-8-4-6-20-5-2-3-7-23(20)24/h2-3,5,7,9-10,13-14,17,19,24H,4,6,8,11-12,15-16,18H2,1H3,(H,27,30)/t24-/m1/s1. The fraction of sp³-hybridized carbons (Fsp3) is 0.423. The maximum absolute atomic E-state index is 13.1. The first-order chi connectivity index (χ1) is 15.9. The van der Waals surface area contributed by atoms with E-state index in [9.17, 15) is 13.2 Å². The van der Waals surface area contributed by atoms with Crippen LogP contribution in [-0.2, 0) is 27.8 Å². The highest BCUT2D eigenvalue weighted by Crippen LogP contribution is 2.30. The number of amides is 1. The van der Waals surface area contributed by atoms with Gasteiger partial charge in [-0.25, -0.2) is 8.42 Å². The first-order valence-corrected chi connectivity index (χ1v) is 13.3. The third-order valence-electron chi connectivity index (χ3n) is 7.14. The summed E-state index contributed by atoms with van der Waals surface area (Å²) in [6.07, 6.45) is 6.74. The maximum atomic E-state index is 13.1. The Bertz CT molecular complexity index is 1270. The Balaban J connectivity index is 1.31. The number of rotatable bonds is 5. The lowest BCUT2D eigenvalue weighted by Crippen LogP contribution is -2.37. The number of fused-ring (bicyclic) bond motifs is 2. The largest absolute Gasteiger partial charge is 0.348 e. The van der Waals surface area contributed by atoms with Crippen LogP contribution in [0.2, 0.25) is 0 Å². The molecule has 2 heterocycles. The van der Waals surface area contributed by atoms with Crippen molar-refractivity contribution in [2.75, 3.05) is 13.1 Å². The van der Waals surface area contributed by atoms with Gasteiger partial charge in [-0.3, -0.25) is 4.79 Å². The van der Waals surface area contributed by atoms with E-state index in [1.54, 1.807) is 16.4 Å². The summed E-state index contributed by atoms with van der Waals surface area (Å²) in [5, 5.41) is 4.03. The lowest BCUT2D eigenvalue weighted by atomic mass is 9.88. The molecular formula is C26H31N3O3S. The van der Waals surface area contributed by atoms with Gasteiger partial charge in [0.1, 0.15) is 6.54 Å². The van der Waals surface area contributed by atoms with Crippen LogP contribution in [0.4, 0.5) is 0 Å². The van der Waals surface area contributed by atoms with Crippen LogP contribution in [-0.4, -0.2) is 36.3 Å². The van der Waals surface area contributed by atoms with Crippen molar-refractivity contribution >= 4 is 26.8 Å². The molecule has 1 fully saturated rings. The minimum absolute atomic E-state index is 0.0339. The normalized spacial score (nSPS) is 20.0. The van der Waals surface area contributed by atoms with Gasteiger partial charge in [0.25, 0.3) is 0 Å². The molecule has 1 aliphatic carbocycles. The van der Waals surface area contributed by atoms with Gasteiger partial charge in [-0.15, -0.1) is 0 Å². The van der Waals surface area contributed by atoms with Crippen molar-refractivity contribution in [3.05, 3.63) is 65.9 Å². The zero-order valence-electron chi connectivity index (χ0n) is 19.0. The summed E-state index contributed by atoms with van der Waals surface area (Å²) < 4.78 is 29.7. The maximum Gasteiger partial charge on any atom is 0.243 e. The average molecular weight is 466 g/mol. The minimum Gasteiger partial charge on any atom is -0.348 e. The Kier molecular flexibility index (Phi) is 6.01. The van der Waals surface area contributed by atoms with Crippen molar-refractivity contribution in [2.24, 2.45) is 5.92 Å². The molecule has 0 spiro atoms. The predicted molar refractivity (Wildman–Crippen MR) is 129 cm³/mol. The number of piperidine rings is 1. The van der Waals surface area contributed by atoms with E-state index in [1.165, 1.54) is 11.1 Å². The summed E-state index contributed by atoms with van der Waals surface area (Å²) >= 11 is 0. The van der Waals surface area contributed by atoms with Crippen LogP contribution < -0.4 is 5.32 Å². The number of sulfonamides is 1. The molecule has 2 aromatic carbocycles. The molecule has 3 aromatic rings. The summed E-state index contributed by atoms with van der Waals surface area (Å²) in [6.45, 7) is 3.53. The van der Waals surface area contributed by atoms with E-state index >= 15 is 0 Å². The number of aryl methyl sites for hydroxylation is 1. The van der Waals surface area contributed by atoms with Crippen LogP contribution in [0, 0.1) is 5.92 Å². The third-order valence-corrected chi connectivity index (χ3v) is 9.04. The Labute approximate surface area is 195 Å². The number of benzene rings is 2. The number of carbonyl (C=O) groups is 1. The van der Waals surface area contributed by atoms with Gasteiger partial charge in [0.05, 0.1) is 10.9 Å². The Morgan fingerprint density at radius 3 is 2.67 bits per heavy atom. The molecular weight excluding hydrogens is 434 g/mol. The third kappa shape index (κ3) is 4.44. The Morgan fingerprint density at radius 2 is 1.85 bits per heavy atom. The van der Waals surface area contributed by atoms with Crippen molar-refractivity contribution in [1.29, 1.82) is 0 Å². The molecule has 7 heteroatoms. The topological polar surface area (TPSA) is 71.4 Å². The van der Waals surface area contributed by atoms with E-state index in [0.717, 1.165) is 43.0 Å². The van der Waals surface area contributed by atoms with E-state index in [1.807, 2.05) is 29.0 Å². The summed E-state index contributed by atoms with van der Waals surface area (Å²) in [5.74, 6) is 0.537. The molecule has 6 nitrogen and oxygen atoms in total. The quantitative estimate of drug-likeness (QED) is 0.612. The number of nitrogens with one attached hydrogen (secondary N) is 1. The van der Waals surface area contributed by atoms with Crippen LogP contribution in [0.1, 0.15) is 49.8 Å². The molecule has 1 aliphatic heterocycles. The van der Waals surface area contributed by atoms with E-state index in [0.29, 0.717) is 23.9 Å². The van der Waals surface area contributed by atoms with Gasteiger partial charge in [-0.1, -0.05) is 31.2 Å². The van der Waals surface area contributed by atoms with Gasteiger partial charge in [-0.2, -0.15) is 4.31 Å². The Morgan fingerprint density at radius 1 is 1.06 bits per heavy atom. The lowest BCUT2D eigenvalue weighted by molar-refractivity contribution is -0.122. The van der Waals surface area contributed by atoms with Crippen molar-refractivity contribution in [3.63, 3.8) is 0 Å². The van der Waals surface area contributed by atoms with Crippen molar-refractivity contribution in [3.8, 4) is 0 Å². The second-order valence-electron chi connectivity index (χ2n) is 9.46. The zero-order chi connectivity index (χ0) is 23.0. The molecule has 1 N–H and O–H groups in total. The summed E-state index contributed by atoms with van der Waals surface area (Å²) in [4.78, 5) is 13.2. The smallest absolute Gasteiger partial charge is 0.243 e. The fourth-order valence-corrected chi connectivity index (χ4v) is 6.66.